The molecule has 1 fully saturated rings. The van der Waals surface area contributed by atoms with Crippen molar-refractivity contribution in [1.82, 2.24) is 0 Å². The number of benzene rings is 2. The van der Waals surface area contributed by atoms with Crippen molar-refractivity contribution in [3.05, 3.63) is 40.6 Å². The molecule has 1 aliphatic heterocycles. The Morgan fingerprint density at radius 2 is 1.71 bits per heavy atom. The van der Waals surface area contributed by atoms with Gasteiger partial charge in [-0.15, -0.1) is 0 Å². The SMILES string of the molecule is COc1cc(O)c2c(=O)cc(-c3cccc(O[C@@H]4OC(CO)[C@@H](O)C(O)C4O)c3O)oc2c1OC. The number of phenolic OH excluding ortho intramolecular Hbond substituents is 2. The molecule has 5 atom stereocenters. The number of para-hydroxylation sites is 1. The van der Waals surface area contributed by atoms with Gasteiger partial charge in [0.15, 0.2) is 28.3 Å². The standard InChI is InChI=1S/C23H24O12/c1-31-14-7-11(26)16-10(25)6-13(33-22(16)21(14)32-2)9-4-3-5-12(17(9)27)34-23-20(30)19(29)18(28)15(8-24)35-23/h3-7,15,18-20,23-24,26-30H,8H2,1-2H3/t15?,18-,19?,20?,23-/m1/s1. The number of aliphatic hydroxyl groups is 4. The zero-order chi connectivity index (χ0) is 25.4. The minimum atomic E-state index is -1.70. The van der Waals surface area contributed by atoms with Gasteiger partial charge in [-0.05, 0) is 12.1 Å². The maximum absolute atomic E-state index is 12.8. The fraction of sp³-hybridized carbons (Fsp3) is 0.348. The molecule has 35 heavy (non-hydrogen) atoms. The highest BCUT2D eigenvalue weighted by Crippen LogP contribution is 2.43. The van der Waals surface area contributed by atoms with Crippen molar-refractivity contribution in [3.63, 3.8) is 0 Å². The van der Waals surface area contributed by atoms with E-state index in [1.165, 1.54) is 38.5 Å². The lowest BCUT2D eigenvalue weighted by Gasteiger charge is -2.39. The number of hydrogen-bond donors (Lipinski definition) is 6. The summed E-state index contributed by atoms with van der Waals surface area (Å²) < 4.78 is 27.1. The third kappa shape index (κ3) is 4.22. The average molecular weight is 492 g/mol. The van der Waals surface area contributed by atoms with Crippen LogP contribution in [0.5, 0.6) is 28.7 Å². The van der Waals surface area contributed by atoms with Crippen LogP contribution in [-0.4, -0.2) is 82.2 Å². The van der Waals surface area contributed by atoms with Crippen molar-refractivity contribution < 1.29 is 54.0 Å². The maximum Gasteiger partial charge on any atom is 0.229 e. The van der Waals surface area contributed by atoms with Gasteiger partial charge in [0, 0.05) is 12.1 Å². The Bertz CT molecular complexity index is 1280. The van der Waals surface area contributed by atoms with Crippen molar-refractivity contribution in [2.24, 2.45) is 0 Å². The maximum atomic E-state index is 12.8. The predicted octanol–water partition coefficient (Wildman–Crippen LogP) is 0.0671. The minimum absolute atomic E-state index is 0.00968. The lowest BCUT2D eigenvalue weighted by atomic mass is 9.99. The number of aromatic hydroxyl groups is 2. The second kappa shape index (κ2) is 9.60. The Morgan fingerprint density at radius 3 is 2.37 bits per heavy atom. The molecule has 0 saturated carbocycles. The Morgan fingerprint density at radius 1 is 0.971 bits per heavy atom. The molecule has 0 radical (unpaired) electrons. The van der Waals surface area contributed by atoms with E-state index >= 15 is 0 Å². The smallest absolute Gasteiger partial charge is 0.229 e. The fourth-order valence-electron chi connectivity index (χ4n) is 3.85. The van der Waals surface area contributed by atoms with Gasteiger partial charge < -0.3 is 54.0 Å². The van der Waals surface area contributed by atoms with E-state index in [1.54, 1.807) is 0 Å². The summed E-state index contributed by atoms with van der Waals surface area (Å²) in [5.74, 6) is -1.05. The molecular weight excluding hydrogens is 468 g/mol. The van der Waals surface area contributed by atoms with Crippen LogP contribution in [0, 0.1) is 0 Å². The van der Waals surface area contributed by atoms with Crippen molar-refractivity contribution in [3.8, 4) is 40.1 Å². The molecule has 2 aromatic carbocycles. The number of ether oxygens (including phenoxy) is 4. The van der Waals surface area contributed by atoms with E-state index in [0.717, 1.165) is 6.07 Å². The number of phenols is 2. The van der Waals surface area contributed by atoms with E-state index in [1.807, 2.05) is 0 Å². The highest BCUT2D eigenvalue weighted by molar-refractivity contribution is 5.92. The zero-order valence-electron chi connectivity index (χ0n) is 18.6. The lowest BCUT2D eigenvalue weighted by molar-refractivity contribution is -0.277. The predicted molar refractivity (Wildman–Crippen MR) is 119 cm³/mol. The molecule has 4 rings (SSSR count). The summed E-state index contributed by atoms with van der Waals surface area (Å²) in [5.41, 5.74) is -0.735. The molecule has 3 unspecified atom stereocenters. The third-order valence-corrected chi connectivity index (χ3v) is 5.68. The third-order valence-electron chi connectivity index (χ3n) is 5.68. The van der Waals surface area contributed by atoms with Gasteiger partial charge in [0.2, 0.25) is 12.0 Å². The van der Waals surface area contributed by atoms with Crippen LogP contribution in [0.2, 0.25) is 0 Å². The number of hydrogen-bond acceptors (Lipinski definition) is 12. The average Bonchev–Trinajstić information content (AvgIpc) is 2.84. The Labute approximate surface area is 197 Å². The van der Waals surface area contributed by atoms with Crippen LogP contribution < -0.4 is 19.6 Å². The van der Waals surface area contributed by atoms with Gasteiger partial charge in [-0.1, -0.05) is 6.07 Å². The first-order chi connectivity index (χ1) is 16.7. The second-order valence-corrected chi connectivity index (χ2v) is 7.78. The van der Waals surface area contributed by atoms with E-state index in [4.69, 9.17) is 23.4 Å². The molecule has 3 aromatic rings. The number of aliphatic hydroxyl groups excluding tert-OH is 4. The molecule has 1 aromatic heterocycles. The molecule has 0 spiro atoms. The molecule has 1 aliphatic rings. The van der Waals surface area contributed by atoms with E-state index in [-0.39, 0.29) is 45.3 Å². The van der Waals surface area contributed by atoms with Crippen LogP contribution >= 0.6 is 0 Å². The Hall–Kier alpha value is -3.55. The van der Waals surface area contributed by atoms with Gasteiger partial charge in [-0.2, -0.15) is 0 Å². The van der Waals surface area contributed by atoms with E-state index in [9.17, 15) is 35.4 Å². The minimum Gasteiger partial charge on any atom is -0.507 e. The lowest BCUT2D eigenvalue weighted by Crippen LogP contribution is -2.60. The molecule has 0 bridgehead atoms. The van der Waals surface area contributed by atoms with Gasteiger partial charge in [0.05, 0.1) is 26.4 Å². The van der Waals surface area contributed by atoms with Gasteiger partial charge in [0.25, 0.3) is 0 Å². The largest absolute Gasteiger partial charge is 0.507 e. The summed E-state index contributed by atoms with van der Waals surface area (Å²) in [5, 5.41) is 60.4. The van der Waals surface area contributed by atoms with Crippen molar-refractivity contribution in [2.45, 2.75) is 30.7 Å². The number of rotatable bonds is 6. The summed E-state index contributed by atoms with van der Waals surface area (Å²) in [7, 11) is 2.67. The van der Waals surface area contributed by atoms with Crippen LogP contribution in [0.4, 0.5) is 0 Å². The molecule has 2 heterocycles. The first kappa shape index (κ1) is 24.6. The molecule has 12 heteroatoms. The van der Waals surface area contributed by atoms with E-state index in [2.05, 4.69) is 0 Å². The normalized spacial score (nSPS) is 24.3. The van der Waals surface area contributed by atoms with Crippen molar-refractivity contribution in [1.29, 1.82) is 0 Å². The van der Waals surface area contributed by atoms with Gasteiger partial charge in [-0.3, -0.25) is 4.79 Å². The molecule has 12 nitrogen and oxygen atoms in total. The highest BCUT2D eigenvalue weighted by Gasteiger charge is 2.45. The molecule has 0 aliphatic carbocycles. The van der Waals surface area contributed by atoms with Gasteiger partial charge in [0.1, 0.15) is 41.3 Å². The van der Waals surface area contributed by atoms with Crippen LogP contribution in [0.3, 0.4) is 0 Å². The topological polar surface area (TPSA) is 189 Å². The Balaban J connectivity index is 1.77. The van der Waals surface area contributed by atoms with Gasteiger partial charge in [-0.25, -0.2) is 0 Å². The molecule has 6 N–H and O–H groups in total. The van der Waals surface area contributed by atoms with E-state index in [0.29, 0.717) is 0 Å². The number of methoxy groups -OCH3 is 2. The quantitative estimate of drug-likeness (QED) is 0.272. The fourth-order valence-corrected chi connectivity index (χ4v) is 3.85. The van der Waals surface area contributed by atoms with Crippen LogP contribution in [0.1, 0.15) is 0 Å². The summed E-state index contributed by atoms with van der Waals surface area (Å²) in [6.45, 7) is -0.656. The first-order valence-corrected chi connectivity index (χ1v) is 10.4. The molecule has 0 amide bonds. The van der Waals surface area contributed by atoms with Crippen molar-refractivity contribution in [2.75, 3.05) is 20.8 Å². The highest BCUT2D eigenvalue weighted by atomic mass is 16.7. The Kier molecular flexibility index (Phi) is 6.74. The second-order valence-electron chi connectivity index (χ2n) is 7.78. The van der Waals surface area contributed by atoms with Crippen LogP contribution in [-0.2, 0) is 4.74 Å². The van der Waals surface area contributed by atoms with Gasteiger partial charge >= 0.3 is 0 Å². The zero-order valence-corrected chi connectivity index (χ0v) is 18.6. The van der Waals surface area contributed by atoms with Crippen molar-refractivity contribution >= 4 is 11.0 Å². The summed E-state index contributed by atoms with van der Waals surface area (Å²) >= 11 is 0. The summed E-state index contributed by atoms with van der Waals surface area (Å²) in [4.78, 5) is 12.8. The first-order valence-electron chi connectivity index (χ1n) is 10.4. The number of fused-ring (bicyclic) bond motifs is 1. The summed E-state index contributed by atoms with van der Waals surface area (Å²) in [6.07, 6.45) is -7.71. The molecular formula is C23H24O12. The van der Waals surface area contributed by atoms with Crippen LogP contribution in [0.25, 0.3) is 22.3 Å². The van der Waals surface area contributed by atoms with Crippen LogP contribution in [0.15, 0.2) is 39.5 Å². The monoisotopic (exact) mass is 492 g/mol. The summed E-state index contributed by atoms with van der Waals surface area (Å²) in [6, 6.07) is 6.48. The van der Waals surface area contributed by atoms with E-state index < -0.39 is 48.5 Å². The molecule has 1 saturated heterocycles. The molecule has 188 valence electrons.